The van der Waals surface area contributed by atoms with E-state index in [2.05, 4.69) is 235 Å². The summed E-state index contributed by atoms with van der Waals surface area (Å²) in [6.07, 6.45) is 0. The van der Waals surface area contributed by atoms with E-state index in [1.165, 1.54) is 22.3 Å². The lowest BCUT2D eigenvalue weighted by Gasteiger charge is -2.10. The van der Waals surface area contributed by atoms with Gasteiger partial charge in [0.2, 0.25) is 0 Å². The highest BCUT2D eigenvalue weighted by atomic mass is 16.3. The minimum atomic E-state index is 0.573. The first-order valence-corrected chi connectivity index (χ1v) is 22.9. The first-order valence-electron chi connectivity index (χ1n) is 22.9. The third-order valence-corrected chi connectivity index (χ3v) is 13.1. The van der Waals surface area contributed by atoms with E-state index in [4.69, 9.17) is 19.4 Å². The van der Waals surface area contributed by atoms with Crippen molar-refractivity contribution in [2.24, 2.45) is 0 Å². The monoisotopic (exact) mass is 868 g/mol. The van der Waals surface area contributed by atoms with Crippen LogP contribution < -0.4 is 0 Å². The Morgan fingerprint density at radius 2 is 0.706 bits per heavy atom. The van der Waals surface area contributed by atoms with Crippen molar-refractivity contribution in [3.8, 4) is 84.4 Å². The molecule has 0 aliphatic rings. The van der Waals surface area contributed by atoms with E-state index in [0.717, 1.165) is 88.4 Å². The molecule has 13 aromatic rings. The maximum absolute atomic E-state index is 6.97. The Kier molecular flexibility index (Phi) is 9.43. The van der Waals surface area contributed by atoms with Crippen molar-refractivity contribution in [1.82, 2.24) is 19.5 Å². The highest BCUT2D eigenvalue weighted by Crippen LogP contribution is 2.42. The van der Waals surface area contributed by atoms with Crippen LogP contribution >= 0.6 is 0 Å². The van der Waals surface area contributed by atoms with Gasteiger partial charge in [-0.15, -0.1) is 0 Å². The van der Waals surface area contributed by atoms with Gasteiger partial charge in [0.25, 0.3) is 0 Å². The zero-order valence-corrected chi connectivity index (χ0v) is 36.8. The van der Waals surface area contributed by atoms with Crippen molar-refractivity contribution in [3.05, 3.63) is 243 Å². The number of benzene rings is 10. The van der Waals surface area contributed by atoms with Crippen molar-refractivity contribution < 1.29 is 4.42 Å². The van der Waals surface area contributed by atoms with Crippen molar-refractivity contribution in [3.63, 3.8) is 0 Å². The predicted octanol–water partition coefficient (Wildman–Crippen LogP) is 16.5. The third-order valence-electron chi connectivity index (χ3n) is 13.1. The summed E-state index contributed by atoms with van der Waals surface area (Å²) in [5, 5.41) is 4.31. The molecule has 5 nitrogen and oxygen atoms in total. The Balaban J connectivity index is 0.903. The number of furan rings is 1. The number of aromatic nitrogens is 4. The molecule has 10 aromatic carbocycles. The molecule has 0 saturated carbocycles. The summed E-state index contributed by atoms with van der Waals surface area (Å²) >= 11 is 0. The SMILES string of the molecule is c1ccc(-c2ccc(-c3nc(-c4ccc(-c5ccccc5)cc4)nc(-c4ccc5c(c4)oc4c5ccc5c4c4ccccc4n5-c4ccc(-c5cccc(-c6ccccc6)c5)cc4)n3)cc2)cc1. The van der Waals surface area contributed by atoms with Crippen LogP contribution in [0.1, 0.15) is 0 Å². The van der Waals surface area contributed by atoms with Gasteiger partial charge in [0.15, 0.2) is 17.5 Å². The standard InChI is InChI=1S/C63H40N4O/c1-4-13-41(14-5-1)44-23-27-47(28-24-44)61-64-62(48-29-25-45(26-30-48)42-15-6-2-7-16-42)66-63(65-61)51-33-36-53-54-37-38-57-59(60(54)68-58(53)40-51)55-21-10-11-22-56(55)67(57)52-34-31-46(32-35-52)50-20-12-19-49(39-50)43-17-8-3-9-18-43/h1-40H. The van der Waals surface area contributed by atoms with Crippen LogP contribution in [0.4, 0.5) is 0 Å². The van der Waals surface area contributed by atoms with Gasteiger partial charge in [-0.25, -0.2) is 15.0 Å². The number of fused-ring (bicyclic) bond motifs is 7. The van der Waals surface area contributed by atoms with Gasteiger partial charge < -0.3 is 8.98 Å². The minimum Gasteiger partial charge on any atom is -0.455 e. The molecule has 0 aliphatic heterocycles. The molecule has 68 heavy (non-hydrogen) atoms. The molecule has 0 amide bonds. The molecule has 0 saturated heterocycles. The number of rotatable bonds is 8. The van der Waals surface area contributed by atoms with E-state index in [1.807, 2.05) is 12.1 Å². The molecule has 0 spiro atoms. The maximum Gasteiger partial charge on any atom is 0.164 e. The molecular weight excluding hydrogens is 829 g/mol. The van der Waals surface area contributed by atoms with Crippen LogP contribution in [0.5, 0.6) is 0 Å². The van der Waals surface area contributed by atoms with Crippen LogP contribution in [0.25, 0.3) is 128 Å². The Morgan fingerprint density at radius 1 is 0.279 bits per heavy atom. The first kappa shape index (κ1) is 39.2. The van der Waals surface area contributed by atoms with Crippen molar-refractivity contribution in [2.45, 2.75) is 0 Å². The van der Waals surface area contributed by atoms with Crippen LogP contribution in [-0.2, 0) is 0 Å². The van der Waals surface area contributed by atoms with E-state index in [9.17, 15) is 0 Å². The maximum atomic E-state index is 6.97. The van der Waals surface area contributed by atoms with Gasteiger partial charge in [0.05, 0.1) is 16.4 Å². The molecule has 0 N–H and O–H groups in total. The van der Waals surface area contributed by atoms with Crippen LogP contribution in [0.3, 0.4) is 0 Å². The number of para-hydroxylation sites is 1. The second-order valence-electron chi connectivity index (χ2n) is 17.2. The van der Waals surface area contributed by atoms with Crippen LogP contribution in [0.15, 0.2) is 247 Å². The largest absolute Gasteiger partial charge is 0.455 e. The third kappa shape index (κ3) is 6.93. The lowest BCUT2D eigenvalue weighted by atomic mass is 9.99. The number of nitrogens with zero attached hydrogens (tertiary/aromatic N) is 4. The normalized spacial score (nSPS) is 11.5. The predicted molar refractivity (Wildman–Crippen MR) is 279 cm³/mol. The van der Waals surface area contributed by atoms with Crippen LogP contribution in [-0.4, -0.2) is 19.5 Å². The van der Waals surface area contributed by atoms with E-state index >= 15 is 0 Å². The molecule has 13 rings (SSSR count). The van der Waals surface area contributed by atoms with Gasteiger partial charge >= 0.3 is 0 Å². The lowest BCUT2D eigenvalue weighted by Crippen LogP contribution is -2.00. The quantitative estimate of drug-likeness (QED) is 0.153. The van der Waals surface area contributed by atoms with Crippen LogP contribution in [0, 0.1) is 0 Å². The van der Waals surface area contributed by atoms with E-state index in [1.54, 1.807) is 0 Å². The molecule has 3 heterocycles. The molecule has 3 aromatic heterocycles. The topological polar surface area (TPSA) is 56.7 Å². The van der Waals surface area contributed by atoms with Gasteiger partial charge in [-0.05, 0) is 93.0 Å². The summed E-state index contributed by atoms with van der Waals surface area (Å²) in [6.45, 7) is 0. The molecule has 5 heteroatoms. The molecule has 0 bridgehead atoms. The second kappa shape index (κ2) is 16.4. The summed E-state index contributed by atoms with van der Waals surface area (Å²) in [5.74, 6) is 1.78. The molecule has 0 atom stereocenters. The zero-order valence-electron chi connectivity index (χ0n) is 36.8. The van der Waals surface area contributed by atoms with Gasteiger partial charge in [-0.2, -0.15) is 0 Å². The fourth-order valence-electron chi connectivity index (χ4n) is 9.66. The Hall–Kier alpha value is -9.19. The summed E-state index contributed by atoms with van der Waals surface area (Å²) in [4.78, 5) is 15.3. The number of hydrogen-bond donors (Lipinski definition) is 0. The highest BCUT2D eigenvalue weighted by Gasteiger charge is 2.20. The van der Waals surface area contributed by atoms with Gasteiger partial charge in [0.1, 0.15) is 11.2 Å². The fraction of sp³-hybridized carbons (Fsp3) is 0. The Labute approximate surface area is 392 Å². The molecular formula is C63H40N4O. The summed E-state index contributed by atoms with van der Waals surface area (Å²) in [5.41, 5.74) is 16.9. The molecule has 0 aliphatic carbocycles. The first-order chi connectivity index (χ1) is 33.7. The smallest absolute Gasteiger partial charge is 0.164 e. The average Bonchev–Trinajstić information content (AvgIpc) is 3.97. The highest BCUT2D eigenvalue weighted by molar-refractivity contribution is 6.24. The summed E-state index contributed by atoms with van der Waals surface area (Å²) in [7, 11) is 0. The zero-order chi connectivity index (χ0) is 45.0. The van der Waals surface area contributed by atoms with Crippen molar-refractivity contribution in [1.29, 1.82) is 0 Å². The Morgan fingerprint density at radius 3 is 1.29 bits per heavy atom. The van der Waals surface area contributed by atoms with E-state index in [0.29, 0.717) is 17.5 Å². The van der Waals surface area contributed by atoms with Gasteiger partial charge in [0, 0.05) is 38.5 Å². The van der Waals surface area contributed by atoms with Gasteiger partial charge in [-0.1, -0.05) is 194 Å². The summed E-state index contributed by atoms with van der Waals surface area (Å²) in [6, 6.07) is 85.2. The van der Waals surface area contributed by atoms with E-state index in [-0.39, 0.29) is 0 Å². The van der Waals surface area contributed by atoms with Crippen LogP contribution in [0.2, 0.25) is 0 Å². The lowest BCUT2D eigenvalue weighted by molar-refractivity contribution is 0.673. The average molecular weight is 869 g/mol. The second-order valence-corrected chi connectivity index (χ2v) is 17.2. The summed E-state index contributed by atoms with van der Waals surface area (Å²) < 4.78 is 9.31. The number of hydrogen-bond acceptors (Lipinski definition) is 4. The molecule has 0 fully saturated rings. The fourth-order valence-corrected chi connectivity index (χ4v) is 9.66. The van der Waals surface area contributed by atoms with Crippen molar-refractivity contribution in [2.75, 3.05) is 0 Å². The van der Waals surface area contributed by atoms with E-state index < -0.39 is 0 Å². The molecule has 318 valence electrons. The van der Waals surface area contributed by atoms with Crippen molar-refractivity contribution >= 4 is 43.7 Å². The Bertz CT molecular complexity index is 3870. The molecule has 0 radical (unpaired) electrons. The minimum absolute atomic E-state index is 0.573. The molecule has 0 unspecified atom stereocenters. The van der Waals surface area contributed by atoms with Gasteiger partial charge in [-0.3, -0.25) is 0 Å².